The van der Waals surface area contributed by atoms with E-state index in [1.54, 1.807) is 12.1 Å². The van der Waals surface area contributed by atoms with Crippen LogP contribution in [-0.2, 0) is 25.7 Å². The van der Waals surface area contributed by atoms with Crippen LogP contribution in [0.1, 0.15) is 58.4 Å². The summed E-state index contributed by atoms with van der Waals surface area (Å²) in [4.78, 5) is 61.8. The topological polar surface area (TPSA) is 179 Å². The van der Waals surface area contributed by atoms with Crippen molar-refractivity contribution in [1.82, 2.24) is 4.90 Å². The number of ketones is 1. The Bertz CT molecular complexity index is 1500. The van der Waals surface area contributed by atoms with Crippen LogP contribution < -0.4 is 0 Å². The van der Waals surface area contributed by atoms with Crippen LogP contribution in [0.5, 0.6) is 0 Å². The molecule has 3 aromatic carbocycles. The van der Waals surface area contributed by atoms with Crippen molar-refractivity contribution in [2.75, 3.05) is 0 Å². The van der Waals surface area contributed by atoms with E-state index in [-0.39, 0.29) is 17.2 Å². The van der Waals surface area contributed by atoms with Gasteiger partial charge in [-0.05, 0) is 42.9 Å². The molecule has 0 amide bonds. The van der Waals surface area contributed by atoms with Gasteiger partial charge in [0.2, 0.25) is 11.9 Å². The van der Waals surface area contributed by atoms with E-state index in [1.165, 1.54) is 79.8 Å². The Kier molecular flexibility index (Phi) is 10.8. The van der Waals surface area contributed by atoms with E-state index in [2.05, 4.69) is 17.0 Å². The highest BCUT2D eigenvalue weighted by Crippen LogP contribution is 2.40. The van der Waals surface area contributed by atoms with Gasteiger partial charge in [-0.1, -0.05) is 91.7 Å². The van der Waals surface area contributed by atoms with Crippen molar-refractivity contribution < 1.29 is 49.1 Å². The van der Waals surface area contributed by atoms with Crippen molar-refractivity contribution in [3.05, 3.63) is 108 Å². The van der Waals surface area contributed by atoms with Gasteiger partial charge in [-0.15, -0.1) is 0 Å². The molecule has 3 aromatic rings. The van der Waals surface area contributed by atoms with Gasteiger partial charge in [-0.2, -0.15) is 0 Å². The Morgan fingerprint density at radius 3 is 1.84 bits per heavy atom. The molecule has 4 N–H and O–H groups in total. The molecule has 2 fully saturated rings. The van der Waals surface area contributed by atoms with Crippen LogP contribution in [0, 0.1) is 5.92 Å². The van der Waals surface area contributed by atoms with Gasteiger partial charge in [0.15, 0.2) is 0 Å². The maximum atomic E-state index is 12.7. The van der Waals surface area contributed by atoms with Gasteiger partial charge in [0, 0.05) is 18.2 Å². The molecule has 1 saturated carbocycles. The highest BCUT2D eigenvalue weighted by Gasteiger charge is 2.59. The van der Waals surface area contributed by atoms with E-state index in [1.807, 2.05) is 18.2 Å². The smallest absolute Gasteiger partial charge is 0.360 e. The maximum absolute atomic E-state index is 12.7. The largest absolute Gasteiger partial charge is 0.480 e. The number of benzene rings is 3. The first-order chi connectivity index (χ1) is 21.6. The molecule has 1 aliphatic heterocycles. The number of nitrogens with zero attached hydrogens (tertiary/aromatic N) is 1. The van der Waals surface area contributed by atoms with Crippen molar-refractivity contribution in [1.29, 1.82) is 0 Å². The second kappa shape index (κ2) is 14.7. The number of ether oxygens (including phenoxy) is 1. The highest BCUT2D eigenvalue weighted by atomic mass is 16.6. The van der Waals surface area contributed by atoms with Gasteiger partial charge in [0.05, 0.1) is 5.56 Å². The highest BCUT2D eigenvalue weighted by molar-refractivity contribution is 6.19. The van der Waals surface area contributed by atoms with Gasteiger partial charge in [0.1, 0.15) is 6.04 Å². The van der Waals surface area contributed by atoms with E-state index in [9.17, 15) is 39.3 Å². The number of likely N-dealkylation sites (tertiary alicyclic amines) is 1. The Hall–Kier alpha value is -4.87. The van der Waals surface area contributed by atoms with Gasteiger partial charge < -0.3 is 25.2 Å². The van der Waals surface area contributed by atoms with E-state index in [0.717, 1.165) is 13.0 Å². The normalized spacial score (nSPS) is 21.1. The third-order valence-corrected chi connectivity index (χ3v) is 8.29. The SMILES string of the molecule is O=C(O)C1CC2CCCCC2N1Cc1ccccc1.O=C(O[C@](C(=O)O)(C(=O)c1ccccc1)[C@@H](O)C(=O)O)c1ccccc1. The fraction of sp³-hybridized carbons (Fsp3) is 0.324. The molecule has 0 spiro atoms. The lowest BCUT2D eigenvalue weighted by atomic mass is 9.84. The summed E-state index contributed by atoms with van der Waals surface area (Å²) in [5, 5.41) is 38.1. The van der Waals surface area contributed by atoms with Crippen LogP contribution in [0.2, 0.25) is 0 Å². The molecule has 5 rings (SSSR count). The molecule has 45 heavy (non-hydrogen) atoms. The number of hydrogen-bond acceptors (Lipinski definition) is 8. The molecule has 1 saturated heterocycles. The minimum absolute atomic E-state index is 0.114. The minimum Gasteiger partial charge on any atom is -0.480 e. The number of esters is 1. The van der Waals surface area contributed by atoms with E-state index in [0.29, 0.717) is 12.0 Å². The van der Waals surface area contributed by atoms with Crippen molar-refractivity contribution in [2.24, 2.45) is 5.92 Å². The molecule has 11 nitrogen and oxygen atoms in total. The van der Waals surface area contributed by atoms with Crippen molar-refractivity contribution in [2.45, 2.75) is 62.4 Å². The summed E-state index contributed by atoms with van der Waals surface area (Å²) in [5.74, 6) is -6.82. The van der Waals surface area contributed by atoms with E-state index in [4.69, 9.17) is 9.84 Å². The van der Waals surface area contributed by atoms with Crippen LogP contribution >= 0.6 is 0 Å². The monoisotopic (exact) mass is 617 g/mol. The molecule has 0 bridgehead atoms. The first-order valence-electron chi connectivity index (χ1n) is 14.6. The molecule has 1 aliphatic carbocycles. The number of aliphatic hydroxyl groups is 1. The Morgan fingerprint density at radius 2 is 1.31 bits per heavy atom. The fourth-order valence-electron chi connectivity index (χ4n) is 6.06. The average Bonchev–Trinajstić information content (AvgIpc) is 3.43. The molecule has 1 heterocycles. The van der Waals surface area contributed by atoms with E-state index >= 15 is 0 Å². The number of aliphatic hydroxyl groups excluding tert-OH is 1. The summed E-state index contributed by atoms with van der Waals surface area (Å²) >= 11 is 0. The summed E-state index contributed by atoms with van der Waals surface area (Å²) in [6.07, 6.45) is 2.92. The third-order valence-electron chi connectivity index (χ3n) is 8.29. The predicted octanol–water partition coefficient (Wildman–Crippen LogP) is 3.90. The summed E-state index contributed by atoms with van der Waals surface area (Å²) in [5.41, 5.74) is -2.48. The van der Waals surface area contributed by atoms with Crippen LogP contribution in [0.3, 0.4) is 0 Å². The zero-order chi connectivity index (χ0) is 32.6. The first-order valence-corrected chi connectivity index (χ1v) is 14.6. The number of carbonyl (C=O) groups excluding carboxylic acids is 2. The molecule has 5 atom stereocenters. The number of rotatable bonds is 10. The van der Waals surface area contributed by atoms with Crippen molar-refractivity contribution in [3.8, 4) is 0 Å². The summed E-state index contributed by atoms with van der Waals surface area (Å²) < 4.78 is 4.81. The van der Waals surface area contributed by atoms with Gasteiger partial charge in [-0.3, -0.25) is 14.5 Å². The maximum Gasteiger partial charge on any atom is 0.360 e. The summed E-state index contributed by atoms with van der Waals surface area (Å²) in [6.45, 7) is 0.777. The number of fused-ring (bicyclic) bond motifs is 1. The molecule has 11 heteroatoms. The summed E-state index contributed by atoms with van der Waals surface area (Å²) in [6, 6.07) is 24.3. The van der Waals surface area contributed by atoms with Crippen LogP contribution in [0.25, 0.3) is 0 Å². The van der Waals surface area contributed by atoms with Crippen molar-refractivity contribution >= 4 is 29.7 Å². The molecule has 0 radical (unpaired) electrons. The average molecular weight is 618 g/mol. The fourth-order valence-corrected chi connectivity index (χ4v) is 6.06. The number of hydrogen-bond donors (Lipinski definition) is 4. The minimum atomic E-state index is -3.35. The quantitative estimate of drug-likeness (QED) is 0.147. The second-order valence-electron chi connectivity index (χ2n) is 11.1. The number of carboxylic acids is 3. The number of Topliss-reactive ketones (excluding diaryl/α,β-unsaturated/α-hetero) is 1. The zero-order valence-electron chi connectivity index (χ0n) is 24.4. The Balaban J connectivity index is 0.000000214. The molecule has 236 valence electrons. The summed E-state index contributed by atoms with van der Waals surface area (Å²) in [7, 11) is 0. The van der Waals surface area contributed by atoms with Gasteiger partial charge in [0.25, 0.3) is 0 Å². The van der Waals surface area contributed by atoms with Gasteiger partial charge in [-0.25, -0.2) is 14.4 Å². The standard InChI is InChI=1S/C18H14O8.C16H21NO2/c19-13(11-7-3-1-4-8-11)18(17(24)25,14(20)15(21)22)26-16(23)12-9-5-2-6-10-12;18-16(19)15-10-13-8-4-5-9-14(13)17(15)11-12-6-2-1-3-7-12/h1-10,14,20H,(H,21,22)(H,24,25);1-3,6-7,13-15H,4-5,8-11H2,(H,18,19)/t14-,18+;/m0./s1. The lowest BCUT2D eigenvalue weighted by molar-refractivity contribution is -0.176. The molecule has 0 aromatic heterocycles. The predicted molar refractivity (Wildman–Crippen MR) is 160 cm³/mol. The lowest BCUT2D eigenvalue weighted by Crippen LogP contribution is -2.61. The number of carbonyl (C=O) groups is 5. The van der Waals surface area contributed by atoms with Gasteiger partial charge >= 0.3 is 29.5 Å². The van der Waals surface area contributed by atoms with Crippen LogP contribution in [-0.4, -0.2) is 78.8 Å². The lowest BCUT2D eigenvalue weighted by Gasteiger charge is -2.33. The van der Waals surface area contributed by atoms with Crippen LogP contribution in [0.4, 0.5) is 0 Å². The van der Waals surface area contributed by atoms with E-state index < -0.39 is 41.4 Å². The number of aliphatic carboxylic acids is 3. The second-order valence-corrected chi connectivity index (χ2v) is 11.1. The molecular weight excluding hydrogens is 582 g/mol. The Labute approximate surface area is 259 Å². The van der Waals surface area contributed by atoms with Crippen molar-refractivity contribution in [3.63, 3.8) is 0 Å². The zero-order valence-corrected chi connectivity index (χ0v) is 24.4. The third kappa shape index (κ3) is 7.44. The molecule has 3 unspecified atom stereocenters. The van der Waals surface area contributed by atoms with Crippen LogP contribution in [0.15, 0.2) is 91.0 Å². The molecular formula is C34H35NO10. The molecule has 2 aliphatic rings. The Morgan fingerprint density at radius 1 is 0.778 bits per heavy atom. The first kappa shape index (κ1) is 33.0. The number of carboxylic acid groups (broad SMARTS) is 3.